The van der Waals surface area contributed by atoms with Gasteiger partial charge >= 0.3 is 5.84 Å². The zero-order valence-corrected chi connectivity index (χ0v) is 4.50. The summed E-state index contributed by atoms with van der Waals surface area (Å²) < 4.78 is 0. The normalized spacial score (nSPS) is 10.9. The highest BCUT2D eigenvalue weighted by Gasteiger charge is 1.97. The van der Waals surface area contributed by atoms with Gasteiger partial charge in [0.05, 0.1) is 0 Å². The molecule has 0 aliphatic rings. The summed E-state index contributed by atoms with van der Waals surface area (Å²) in [5.41, 5.74) is 0. The van der Waals surface area contributed by atoms with Gasteiger partial charge in [0, 0.05) is 6.92 Å². The minimum atomic E-state index is -0.568. The Kier molecular flexibility index (Phi) is 2.47. The first-order chi connectivity index (χ1) is 3.68. The maximum atomic E-state index is 9.72. The fourth-order valence-electron chi connectivity index (χ4n) is 0.179. The third-order valence-corrected chi connectivity index (χ3v) is 0.542. The summed E-state index contributed by atoms with van der Waals surface area (Å²) in [5.74, 6) is -0.139. The Hall–Kier alpha value is -1.19. The molecule has 0 unspecified atom stereocenters. The van der Waals surface area contributed by atoms with Crippen molar-refractivity contribution >= 4 is 5.84 Å². The standard InChI is InChI=1S/C4H6N2O2/c1-3-5-4(2)6(7)8/h3H,1H2,2H3/b5-4+. The van der Waals surface area contributed by atoms with Crippen LogP contribution in [0.4, 0.5) is 0 Å². The van der Waals surface area contributed by atoms with E-state index < -0.39 is 4.92 Å². The molecule has 0 amide bonds. The van der Waals surface area contributed by atoms with Gasteiger partial charge in [-0.1, -0.05) is 11.6 Å². The number of hydrogen-bond donors (Lipinski definition) is 0. The molecule has 0 aliphatic carbocycles. The van der Waals surface area contributed by atoms with Crippen LogP contribution in [0.1, 0.15) is 6.92 Å². The Morgan fingerprint density at radius 3 is 2.62 bits per heavy atom. The molecule has 0 aromatic carbocycles. The average Bonchev–Trinajstić information content (AvgIpc) is 1.67. The SMILES string of the molecule is C=C/N=C(\C)[N+](=O)[O-]. The van der Waals surface area contributed by atoms with Crippen LogP contribution < -0.4 is 0 Å². The molecule has 0 aliphatic heterocycles. The fraction of sp³-hybridized carbons (Fsp3) is 0.250. The van der Waals surface area contributed by atoms with Crippen molar-refractivity contribution in [2.45, 2.75) is 6.92 Å². The molecule has 0 N–H and O–H groups in total. The highest BCUT2D eigenvalue weighted by atomic mass is 16.6. The molecule has 4 nitrogen and oxygen atoms in total. The summed E-state index contributed by atoms with van der Waals surface area (Å²) in [7, 11) is 0. The topological polar surface area (TPSA) is 55.5 Å². The van der Waals surface area contributed by atoms with E-state index in [0.29, 0.717) is 0 Å². The van der Waals surface area contributed by atoms with E-state index in [1.54, 1.807) is 0 Å². The lowest BCUT2D eigenvalue weighted by molar-refractivity contribution is -0.351. The molecule has 4 heteroatoms. The highest BCUT2D eigenvalue weighted by molar-refractivity contribution is 5.71. The number of nitro groups is 1. The van der Waals surface area contributed by atoms with E-state index in [1.165, 1.54) is 6.92 Å². The van der Waals surface area contributed by atoms with E-state index in [-0.39, 0.29) is 5.84 Å². The predicted octanol–water partition coefficient (Wildman–Crippen LogP) is 0.825. The quantitative estimate of drug-likeness (QED) is 0.219. The summed E-state index contributed by atoms with van der Waals surface area (Å²) in [6.45, 7) is 4.50. The molecule has 0 rings (SSSR count). The van der Waals surface area contributed by atoms with Crippen LogP contribution in [0.15, 0.2) is 17.8 Å². The second-order valence-electron chi connectivity index (χ2n) is 1.12. The minimum Gasteiger partial charge on any atom is -0.358 e. The van der Waals surface area contributed by atoms with Crippen molar-refractivity contribution in [1.82, 2.24) is 0 Å². The third kappa shape index (κ3) is 2.07. The number of amidine groups is 1. The van der Waals surface area contributed by atoms with Crippen molar-refractivity contribution in [2.24, 2.45) is 4.99 Å². The molecule has 0 radical (unpaired) electrons. The van der Waals surface area contributed by atoms with Crippen molar-refractivity contribution < 1.29 is 4.92 Å². The van der Waals surface area contributed by atoms with Crippen LogP contribution >= 0.6 is 0 Å². The average molecular weight is 114 g/mol. The summed E-state index contributed by atoms with van der Waals surface area (Å²) in [6.07, 6.45) is 1.14. The Morgan fingerprint density at radius 1 is 2.00 bits per heavy atom. The first kappa shape index (κ1) is 6.81. The molecular formula is C4H6N2O2. The van der Waals surface area contributed by atoms with E-state index >= 15 is 0 Å². The molecule has 0 spiro atoms. The molecule has 0 heterocycles. The van der Waals surface area contributed by atoms with Crippen LogP contribution in [0, 0.1) is 10.1 Å². The van der Waals surface area contributed by atoms with Crippen molar-refractivity contribution in [1.29, 1.82) is 0 Å². The fourth-order valence-corrected chi connectivity index (χ4v) is 0.179. The first-order valence-corrected chi connectivity index (χ1v) is 1.98. The third-order valence-electron chi connectivity index (χ3n) is 0.542. The van der Waals surface area contributed by atoms with Gasteiger partial charge in [-0.3, -0.25) is 0 Å². The largest absolute Gasteiger partial charge is 0.358 e. The monoisotopic (exact) mass is 114 g/mol. The Morgan fingerprint density at radius 2 is 2.50 bits per heavy atom. The maximum Gasteiger partial charge on any atom is 0.335 e. The number of aliphatic imine (C=N–C) groups is 1. The van der Waals surface area contributed by atoms with Gasteiger partial charge in [-0.25, -0.2) is 0 Å². The molecule has 44 valence electrons. The van der Waals surface area contributed by atoms with E-state index in [2.05, 4.69) is 11.6 Å². The van der Waals surface area contributed by atoms with Gasteiger partial charge in [-0.05, 0) is 4.92 Å². The molecule has 0 bridgehead atoms. The van der Waals surface area contributed by atoms with Gasteiger partial charge < -0.3 is 10.1 Å². The summed E-state index contributed by atoms with van der Waals surface area (Å²) in [5, 5.41) is 9.72. The van der Waals surface area contributed by atoms with Crippen LogP contribution in [0.25, 0.3) is 0 Å². The minimum absolute atomic E-state index is 0.139. The van der Waals surface area contributed by atoms with Crippen molar-refractivity contribution in [3.05, 3.63) is 22.9 Å². The second kappa shape index (κ2) is 2.90. The van der Waals surface area contributed by atoms with Crippen LogP contribution in [-0.4, -0.2) is 10.8 Å². The lowest BCUT2D eigenvalue weighted by Gasteiger charge is -1.84. The highest BCUT2D eigenvalue weighted by Crippen LogP contribution is 1.77. The molecule has 0 saturated heterocycles. The van der Waals surface area contributed by atoms with E-state index in [1.807, 2.05) is 0 Å². The van der Waals surface area contributed by atoms with Crippen molar-refractivity contribution in [2.75, 3.05) is 0 Å². The van der Waals surface area contributed by atoms with E-state index in [0.717, 1.165) is 6.20 Å². The predicted molar refractivity (Wildman–Crippen MR) is 30.3 cm³/mol. The number of hydrogen-bond acceptors (Lipinski definition) is 3. The Balaban J connectivity index is 3.99. The van der Waals surface area contributed by atoms with Gasteiger partial charge in [-0.15, -0.1) is 0 Å². The second-order valence-corrected chi connectivity index (χ2v) is 1.12. The molecule has 8 heavy (non-hydrogen) atoms. The Labute approximate surface area is 46.7 Å². The van der Waals surface area contributed by atoms with Gasteiger partial charge in [0.2, 0.25) is 0 Å². The molecule has 0 saturated carbocycles. The number of nitrogens with zero attached hydrogens (tertiary/aromatic N) is 2. The van der Waals surface area contributed by atoms with Gasteiger partial charge in [0.25, 0.3) is 0 Å². The van der Waals surface area contributed by atoms with Gasteiger partial charge in [-0.2, -0.15) is 0 Å². The van der Waals surface area contributed by atoms with Crippen LogP contribution in [0.3, 0.4) is 0 Å². The molecule has 0 aromatic heterocycles. The summed E-state index contributed by atoms with van der Waals surface area (Å²) >= 11 is 0. The first-order valence-electron chi connectivity index (χ1n) is 1.98. The molecule has 0 aromatic rings. The van der Waals surface area contributed by atoms with Crippen molar-refractivity contribution in [3.63, 3.8) is 0 Å². The maximum absolute atomic E-state index is 9.72. The molecular weight excluding hydrogens is 108 g/mol. The molecule has 0 atom stereocenters. The lowest BCUT2D eigenvalue weighted by atomic mass is 10.7. The molecule has 0 fully saturated rings. The zero-order chi connectivity index (χ0) is 6.57. The summed E-state index contributed by atoms with van der Waals surface area (Å²) in [6, 6.07) is 0. The van der Waals surface area contributed by atoms with Crippen LogP contribution in [-0.2, 0) is 0 Å². The zero-order valence-electron chi connectivity index (χ0n) is 4.50. The lowest BCUT2D eigenvalue weighted by Crippen LogP contribution is -2.04. The van der Waals surface area contributed by atoms with E-state index in [9.17, 15) is 10.1 Å². The summed E-state index contributed by atoms with van der Waals surface area (Å²) in [4.78, 5) is 12.5. The van der Waals surface area contributed by atoms with Gasteiger partial charge in [0.15, 0.2) is 0 Å². The van der Waals surface area contributed by atoms with E-state index in [4.69, 9.17) is 0 Å². The van der Waals surface area contributed by atoms with Crippen LogP contribution in [0.5, 0.6) is 0 Å². The Bertz CT molecular complexity index is 139. The van der Waals surface area contributed by atoms with Crippen molar-refractivity contribution in [3.8, 4) is 0 Å². The number of rotatable bonds is 1. The smallest absolute Gasteiger partial charge is 0.335 e. The van der Waals surface area contributed by atoms with Gasteiger partial charge in [0.1, 0.15) is 6.20 Å². The van der Waals surface area contributed by atoms with Crippen LogP contribution in [0.2, 0.25) is 0 Å².